The molecule has 0 heterocycles. The number of nitrogens with one attached hydrogen (secondary N) is 1. The zero-order valence-corrected chi connectivity index (χ0v) is 14.3. The van der Waals surface area contributed by atoms with Gasteiger partial charge in [-0.25, -0.2) is 0 Å². The van der Waals surface area contributed by atoms with Crippen molar-refractivity contribution in [3.63, 3.8) is 0 Å². The maximum Gasteiger partial charge on any atom is 0.125 e. The molecule has 0 bridgehead atoms. The minimum atomic E-state index is -0.621. The third-order valence-corrected chi connectivity index (χ3v) is 4.79. The highest BCUT2D eigenvalue weighted by Crippen LogP contribution is 2.34. The Balaban J connectivity index is 1.75. The molecule has 0 radical (unpaired) electrons. The van der Waals surface area contributed by atoms with Crippen molar-refractivity contribution >= 4 is 11.8 Å². The molecule has 4 N–H and O–H groups in total. The maximum absolute atomic E-state index is 10.6. The van der Waals surface area contributed by atoms with Crippen LogP contribution in [0.3, 0.4) is 0 Å². The number of nitrogens with two attached hydrogens (primary N) is 1. The summed E-state index contributed by atoms with van der Waals surface area (Å²) in [4.78, 5) is 0. The molecule has 0 aliphatic heterocycles. The highest BCUT2D eigenvalue weighted by Gasteiger charge is 2.31. The first-order valence-electron chi connectivity index (χ1n) is 8.62. The van der Waals surface area contributed by atoms with Gasteiger partial charge < -0.3 is 20.9 Å². The van der Waals surface area contributed by atoms with E-state index in [-0.39, 0.29) is 18.0 Å². The molecule has 2 aliphatic carbocycles. The van der Waals surface area contributed by atoms with Gasteiger partial charge in [0.15, 0.2) is 0 Å². The Hall–Kier alpha value is -2.04. The van der Waals surface area contributed by atoms with E-state index in [1.165, 1.54) is 5.56 Å². The zero-order valence-electron chi connectivity index (χ0n) is 14.3. The second-order valence-electron chi connectivity index (χ2n) is 6.41. The predicted octanol–water partition coefficient (Wildman–Crippen LogP) is 3.17. The van der Waals surface area contributed by atoms with Crippen LogP contribution in [-0.2, 0) is 4.74 Å². The topological polar surface area (TPSA) is 67.5 Å². The molecule has 1 aromatic rings. The molecule has 4 unspecified atom stereocenters. The number of benzene rings is 1. The highest BCUT2D eigenvalue weighted by molar-refractivity contribution is 5.66. The molecule has 2 aliphatic rings. The second kappa shape index (κ2) is 7.24. The van der Waals surface area contributed by atoms with Crippen LogP contribution >= 0.6 is 0 Å². The van der Waals surface area contributed by atoms with E-state index in [2.05, 4.69) is 30.5 Å². The molecule has 3 rings (SSSR count). The van der Waals surface area contributed by atoms with Crippen LogP contribution in [0.2, 0.25) is 0 Å². The summed E-state index contributed by atoms with van der Waals surface area (Å²) in [6.45, 7) is 4.59. The molecule has 24 heavy (non-hydrogen) atoms. The predicted molar refractivity (Wildman–Crippen MR) is 98.2 cm³/mol. The fourth-order valence-electron chi connectivity index (χ4n) is 3.59. The first-order chi connectivity index (χ1) is 11.6. The van der Waals surface area contributed by atoms with Gasteiger partial charge in [-0.15, -0.1) is 0 Å². The lowest BCUT2D eigenvalue weighted by atomic mass is 9.86. The summed E-state index contributed by atoms with van der Waals surface area (Å²) in [5.41, 5.74) is 9.35. The van der Waals surface area contributed by atoms with Crippen molar-refractivity contribution in [1.29, 1.82) is 0 Å². The van der Waals surface area contributed by atoms with Crippen molar-refractivity contribution in [3.05, 3.63) is 59.4 Å². The van der Waals surface area contributed by atoms with Gasteiger partial charge in [0.05, 0.1) is 6.61 Å². The Morgan fingerprint density at radius 2 is 2.25 bits per heavy atom. The van der Waals surface area contributed by atoms with Gasteiger partial charge in [0.1, 0.15) is 11.9 Å². The summed E-state index contributed by atoms with van der Waals surface area (Å²) >= 11 is 0. The molecule has 0 saturated carbocycles. The van der Waals surface area contributed by atoms with E-state index in [9.17, 15) is 5.11 Å². The smallest absolute Gasteiger partial charge is 0.125 e. The molecule has 4 heteroatoms. The van der Waals surface area contributed by atoms with Gasteiger partial charge in [-0.05, 0) is 43.5 Å². The average molecular weight is 326 g/mol. The first kappa shape index (κ1) is 16.8. The van der Waals surface area contributed by atoms with Crippen molar-refractivity contribution in [2.24, 2.45) is 5.92 Å². The van der Waals surface area contributed by atoms with E-state index in [4.69, 9.17) is 10.5 Å². The quantitative estimate of drug-likeness (QED) is 0.727. The Morgan fingerprint density at radius 3 is 3.04 bits per heavy atom. The number of rotatable bonds is 5. The van der Waals surface area contributed by atoms with Crippen LogP contribution in [0, 0.1) is 5.92 Å². The average Bonchev–Trinajstić information content (AvgIpc) is 2.57. The maximum atomic E-state index is 10.6. The van der Waals surface area contributed by atoms with Gasteiger partial charge in [-0.2, -0.15) is 0 Å². The Kier molecular flexibility index (Phi) is 5.07. The Labute approximate surface area is 143 Å². The number of ether oxygens (including phenoxy) is 1. The third kappa shape index (κ3) is 3.25. The summed E-state index contributed by atoms with van der Waals surface area (Å²) in [7, 11) is 0. The van der Waals surface area contributed by atoms with Crippen molar-refractivity contribution in [2.45, 2.75) is 38.5 Å². The molecule has 0 saturated heterocycles. The van der Waals surface area contributed by atoms with Crippen LogP contribution in [0.5, 0.6) is 0 Å². The molecule has 0 aromatic heterocycles. The van der Waals surface area contributed by atoms with Crippen LogP contribution < -0.4 is 11.1 Å². The van der Waals surface area contributed by atoms with Crippen molar-refractivity contribution in [3.8, 4) is 0 Å². The molecule has 0 spiro atoms. The van der Waals surface area contributed by atoms with Crippen LogP contribution in [0.1, 0.15) is 37.4 Å². The lowest BCUT2D eigenvalue weighted by Crippen LogP contribution is -2.43. The summed E-state index contributed by atoms with van der Waals surface area (Å²) < 4.78 is 5.54. The van der Waals surface area contributed by atoms with Crippen LogP contribution in [0.4, 0.5) is 5.69 Å². The number of anilines is 1. The van der Waals surface area contributed by atoms with E-state index in [0.717, 1.165) is 17.7 Å². The number of fused-ring (bicyclic) bond motifs is 1. The van der Waals surface area contributed by atoms with E-state index in [1.54, 1.807) is 0 Å². The molecule has 1 aromatic carbocycles. The molecule has 0 amide bonds. The molecular weight excluding hydrogens is 300 g/mol. The van der Waals surface area contributed by atoms with Gasteiger partial charge in [0, 0.05) is 23.7 Å². The number of aliphatic hydroxyl groups is 1. The van der Waals surface area contributed by atoms with Crippen LogP contribution in [-0.4, -0.2) is 23.9 Å². The summed E-state index contributed by atoms with van der Waals surface area (Å²) in [6.07, 6.45) is 10.4. The lowest BCUT2D eigenvalue weighted by Gasteiger charge is -2.34. The number of allylic oxidation sites excluding steroid dienone is 2. The zero-order chi connectivity index (χ0) is 17.1. The Morgan fingerprint density at radius 1 is 1.42 bits per heavy atom. The van der Waals surface area contributed by atoms with E-state index in [1.807, 2.05) is 37.3 Å². The summed E-state index contributed by atoms with van der Waals surface area (Å²) in [5.74, 6) is 0.609. The molecule has 4 nitrogen and oxygen atoms in total. The fraction of sp³-hybridized carbons (Fsp3) is 0.400. The van der Waals surface area contributed by atoms with E-state index >= 15 is 0 Å². The second-order valence-corrected chi connectivity index (χ2v) is 6.41. The third-order valence-electron chi connectivity index (χ3n) is 4.79. The van der Waals surface area contributed by atoms with Gasteiger partial charge >= 0.3 is 0 Å². The molecule has 0 fully saturated rings. The molecule has 128 valence electrons. The molecule has 4 atom stereocenters. The monoisotopic (exact) mass is 326 g/mol. The van der Waals surface area contributed by atoms with Gasteiger partial charge in [-0.1, -0.05) is 36.4 Å². The van der Waals surface area contributed by atoms with Crippen LogP contribution in [0.25, 0.3) is 6.08 Å². The number of aliphatic hydroxyl groups excluding tert-OH is 1. The number of nitrogen functional groups attached to an aromatic ring is 1. The first-order valence-corrected chi connectivity index (χ1v) is 8.62. The number of hydrogen-bond acceptors (Lipinski definition) is 4. The van der Waals surface area contributed by atoms with Crippen LogP contribution in [0.15, 0.2) is 48.3 Å². The van der Waals surface area contributed by atoms with Gasteiger partial charge in [-0.3, -0.25) is 0 Å². The van der Waals surface area contributed by atoms with Gasteiger partial charge in [0.2, 0.25) is 0 Å². The normalized spacial score (nSPS) is 26.6. The minimum Gasteiger partial charge on any atom is -0.495 e. The van der Waals surface area contributed by atoms with Crippen molar-refractivity contribution in [1.82, 2.24) is 5.32 Å². The van der Waals surface area contributed by atoms with Crippen molar-refractivity contribution in [2.75, 3.05) is 12.3 Å². The van der Waals surface area contributed by atoms with E-state index < -0.39 is 6.10 Å². The fourth-order valence-corrected chi connectivity index (χ4v) is 3.59. The highest BCUT2D eigenvalue weighted by atomic mass is 16.5. The summed E-state index contributed by atoms with van der Waals surface area (Å²) in [5, 5.41) is 14.2. The van der Waals surface area contributed by atoms with E-state index in [0.29, 0.717) is 12.4 Å². The largest absolute Gasteiger partial charge is 0.495 e. The minimum absolute atomic E-state index is 0.0316. The number of hydrogen-bond donors (Lipinski definition) is 3. The SMILES string of the molecule is CCOC1=CC=CC(C(C)NC2CC=Cc3cccc(N)c32)C1O. The van der Waals surface area contributed by atoms with Gasteiger partial charge in [0.25, 0.3) is 0 Å². The lowest BCUT2D eigenvalue weighted by molar-refractivity contribution is 0.0663. The standard InChI is InChI=1S/C20H26N2O2/c1-3-24-18-12-6-9-15(20(18)23)13(2)22-17-11-5-8-14-7-4-10-16(21)19(14)17/h4-10,12-13,15,17,20,22-23H,3,11,21H2,1-2H3. The Bertz CT molecular complexity index is 678. The molecular formula is C20H26N2O2. The summed E-state index contributed by atoms with van der Waals surface area (Å²) in [6, 6.07) is 6.26. The van der Waals surface area contributed by atoms with Crippen molar-refractivity contribution < 1.29 is 9.84 Å².